The van der Waals surface area contributed by atoms with Gasteiger partial charge in [0, 0.05) is 61.1 Å². The van der Waals surface area contributed by atoms with Gasteiger partial charge >= 0.3 is 0 Å². The first-order chi connectivity index (χ1) is 15.7. The number of nitrogens with zero attached hydrogens (tertiary/aromatic N) is 3. The minimum Gasteiger partial charge on any atom is -0.372 e. The van der Waals surface area contributed by atoms with Crippen molar-refractivity contribution in [2.45, 2.75) is 38.6 Å². The van der Waals surface area contributed by atoms with Crippen molar-refractivity contribution in [1.29, 1.82) is 0 Å². The predicted octanol–water partition coefficient (Wildman–Crippen LogP) is 4.54. The van der Waals surface area contributed by atoms with Crippen LogP contribution in [0.3, 0.4) is 0 Å². The Morgan fingerprint density at radius 1 is 0.906 bits per heavy atom. The molecule has 0 bridgehead atoms. The molecule has 1 aliphatic rings. The van der Waals surface area contributed by atoms with Crippen molar-refractivity contribution in [3.05, 3.63) is 72.8 Å². The number of amides is 2. The van der Waals surface area contributed by atoms with E-state index < -0.39 is 0 Å². The molecule has 7 nitrogen and oxygen atoms in total. The molecule has 4 rings (SSSR count). The van der Waals surface area contributed by atoms with E-state index in [2.05, 4.69) is 32.7 Å². The summed E-state index contributed by atoms with van der Waals surface area (Å²) in [7, 11) is 0. The fourth-order valence-electron chi connectivity index (χ4n) is 3.90. The molecule has 2 amide bonds. The van der Waals surface area contributed by atoms with Crippen LogP contribution < -0.4 is 15.5 Å². The van der Waals surface area contributed by atoms with Gasteiger partial charge < -0.3 is 20.1 Å². The molecule has 0 spiro atoms. The standard InChI is InChI=1S/C25H29N5O2/c31-24(12-16-29-17-13-26-19-29)27-22-7-5-6-20(18-22)25(32)28-21-8-10-23(11-9-21)30-14-3-1-2-4-15-30/h5-11,13,17-19H,1-4,12,14-16H2,(H,27,31)(H,28,32). The summed E-state index contributed by atoms with van der Waals surface area (Å²) < 4.78 is 1.85. The Balaban J connectivity index is 1.32. The van der Waals surface area contributed by atoms with Gasteiger partial charge in [0.2, 0.25) is 5.91 Å². The first kappa shape index (κ1) is 21.6. The lowest BCUT2D eigenvalue weighted by Gasteiger charge is -2.22. The zero-order chi connectivity index (χ0) is 22.2. The molecule has 166 valence electrons. The molecule has 7 heteroatoms. The number of carbonyl (C=O) groups excluding carboxylic acids is 2. The summed E-state index contributed by atoms with van der Waals surface area (Å²) in [6, 6.07) is 15.0. The zero-order valence-electron chi connectivity index (χ0n) is 18.2. The molecule has 0 aliphatic carbocycles. The Morgan fingerprint density at radius 3 is 2.41 bits per heavy atom. The van der Waals surface area contributed by atoms with E-state index in [1.807, 2.05) is 22.9 Å². The fourth-order valence-corrected chi connectivity index (χ4v) is 3.90. The van der Waals surface area contributed by atoms with Crippen LogP contribution in [0.4, 0.5) is 17.1 Å². The average molecular weight is 432 g/mol. The lowest BCUT2D eigenvalue weighted by Crippen LogP contribution is -2.23. The molecule has 0 saturated carbocycles. The number of aromatic nitrogens is 2. The number of rotatable bonds is 7. The van der Waals surface area contributed by atoms with E-state index in [4.69, 9.17) is 0 Å². The summed E-state index contributed by atoms with van der Waals surface area (Å²) in [6.07, 6.45) is 10.6. The minimum atomic E-state index is -0.206. The first-order valence-electron chi connectivity index (χ1n) is 11.2. The van der Waals surface area contributed by atoms with Crippen molar-refractivity contribution >= 4 is 28.9 Å². The van der Waals surface area contributed by atoms with Crippen LogP contribution in [0.15, 0.2) is 67.3 Å². The van der Waals surface area contributed by atoms with Crippen molar-refractivity contribution in [2.75, 3.05) is 28.6 Å². The van der Waals surface area contributed by atoms with E-state index in [0.29, 0.717) is 24.2 Å². The highest BCUT2D eigenvalue weighted by Crippen LogP contribution is 2.22. The molecule has 2 heterocycles. The van der Waals surface area contributed by atoms with Gasteiger partial charge in [-0.3, -0.25) is 9.59 Å². The SMILES string of the molecule is O=C(CCn1ccnc1)Nc1cccc(C(=O)Nc2ccc(N3CCCCCC3)cc2)c1. The van der Waals surface area contributed by atoms with Crippen molar-refractivity contribution in [2.24, 2.45) is 0 Å². The molecule has 1 aliphatic heterocycles. The summed E-state index contributed by atoms with van der Waals surface area (Å²) in [5.74, 6) is -0.317. The maximum atomic E-state index is 12.7. The lowest BCUT2D eigenvalue weighted by atomic mass is 10.1. The maximum absolute atomic E-state index is 12.7. The van der Waals surface area contributed by atoms with Crippen LogP contribution in [0.1, 0.15) is 42.5 Å². The Labute approximate surface area is 188 Å². The van der Waals surface area contributed by atoms with Crippen molar-refractivity contribution < 1.29 is 9.59 Å². The Hall–Kier alpha value is -3.61. The maximum Gasteiger partial charge on any atom is 0.255 e. The highest BCUT2D eigenvalue weighted by Gasteiger charge is 2.11. The number of anilines is 3. The van der Waals surface area contributed by atoms with Gasteiger partial charge in [0.1, 0.15) is 0 Å². The summed E-state index contributed by atoms with van der Waals surface area (Å²) in [4.78, 5) is 31.3. The van der Waals surface area contributed by atoms with Gasteiger partial charge in [-0.05, 0) is 55.3 Å². The molecule has 0 unspecified atom stereocenters. The Bertz CT molecular complexity index is 1020. The molecular formula is C25H29N5O2. The minimum absolute atomic E-state index is 0.111. The highest BCUT2D eigenvalue weighted by atomic mass is 16.2. The quantitative estimate of drug-likeness (QED) is 0.575. The van der Waals surface area contributed by atoms with Crippen LogP contribution in [0.25, 0.3) is 0 Å². The van der Waals surface area contributed by atoms with Crippen LogP contribution in [0.2, 0.25) is 0 Å². The molecule has 0 atom stereocenters. The third-order valence-corrected chi connectivity index (χ3v) is 5.66. The molecule has 1 aromatic heterocycles. The molecule has 0 radical (unpaired) electrons. The highest BCUT2D eigenvalue weighted by molar-refractivity contribution is 6.05. The molecular weight excluding hydrogens is 402 g/mol. The smallest absolute Gasteiger partial charge is 0.255 e. The molecule has 1 saturated heterocycles. The number of nitrogens with one attached hydrogen (secondary N) is 2. The van der Waals surface area contributed by atoms with E-state index >= 15 is 0 Å². The second-order valence-corrected chi connectivity index (χ2v) is 8.08. The molecule has 1 fully saturated rings. The van der Waals surface area contributed by atoms with E-state index in [-0.39, 0.29) is 11.8 Å². The third-order valence-electron chi connectivity index (χ3n) is 5.66. The number of imidazole rings is 1. The van der Waals surface area contributed by atoms with Gasteiger partial charge in [0.05, 0.1) is 6.33 Å². The zero-order valence-corrected chi connectivity index (χ0v) is 18.2. The number of hydrogen-bond donors (Lipinski definition) is 2. The van der Waals surface area contributed by atoms with Crippen LogP contribution in [0.5, 0.6) is 0 Å². The van der Waals surface area contributed by atoms with Crippen LogP contribution in [-0.4, -0.2) is 34.5 Å². The largest absolute Gasteiger partial charge is 0.372 e. The van der Waals surface area contributed by atoms with Crippen LogP contribution in [-0.2, 0) is 11.3 Å². The lowest BCUT2D eigenvalue weighted by molar-refractivity contribution is -0.116. The van der Waals surface area contributed by atoms with Gasteiger partial charge in [-0.2, -0.15) is 0 Å². The second-order valence-electron chi connectivity index (χ2n) is 8.08. The third kappa shape index (κ3) is 5.97. The normalized spacial score (nSPS) is 13.9. The van der Waals surface area contributed by atoms with Crippen molar-refractivity contribution in [3.8, 4) is 0 Å². The van der Waals surface area contributed by atoms with E-state index in [1.165, 1.54) is 31.4 Å². The summed E-state index contributed by atoms with van der Waals surface area (Å²) >= 11 is 0. The van der Waals surface area contributed by atoms with Crippen LogP contribution in [0, 0.1) is 0 Å². The number of carbonyl (C=O) groups is 2. The van der Waals surface area contributed by atoms with Gasteiger partial charge in [-0.15, -0.1) is 0 Å². The summed E-state index contributed by atoms with van der Waals surface area (Å²) in [6.45, 7) is 2.73. The topological polar surface area (TPSA) is 79.3 Å². The van der Waals surface area contributed by atoms with Crippen molar-refractivity contribution in [1.82, 2.24) is 9.55 Å². The summed E-state index contributed by atoms with van der Waals surface area (Å²) in [5.41, 5.74) is 3.05. The Kier molecular flexibility index (Phi) is 7.17. The molecule has 2 N–H and O–H groups in total. The van der Waals surface area contributed by atoms with Gasteiger partial charge in [0.15, 0.2) is 0 Å². The van der Waals surface area contributed by atoms with Gasteiger partial charge in [0.25, 0.3) is 5.91 Å². The van der Waals surface area contributed by atoms with Gasteiger partial charge in [-0.1, -0.05) is 18.9 Å². The number of hydrogen-bond acceptors (Lipinski definition) is 4. The molecule has 2 aromatic carbocycles. The Morgan fingerprint density at radius 2 is 1.69 bits per heavy atom. The fraction of sp³-hybridized carbons (Fsp3) is 0.320. The second kappa shape index (κ2) is 10.6. The first-order valence-corrected chi connectivity index (χ1v) is 11.2. The monoisotopic (exact) mass is 431 g/mol. The van der Waals surface area contributed by atoms with Crippen molar-refractivity contribution in [3.63, 3.8) is 0 Å². The average Bonchev–Trinajstić information content (AvgIpc) is 3.19. The molecule has 3 aromatic rings. The number of aryl methyl sites for hydroxylation is 1. The van der Waals surface area contributed by atoms with Gasteiger partial charge in [-0.25, -0.2) is 4.98 Å². The van der Waals surface area contributed by atoms with E-state index in [0.717, 1.165) is 18.8 Å². The van der Waals surface area contributed by atoms with Crippen LogP contribution >= 0.6 is 0 Å². The molecule has 32 heavy (non-hydrogen) atoms. The van der Waals surface area contributed by atoms with E-state index in [1.54, 1.807) is 36.8 Å². The predicted molar refractivity (Wildman–Crippen MR) is 127 cm³/mol. The summed E-state index contributed by atoms with van der Waals surface area (Å²) in [5, 5.41) is 5.80. The van der Waals surface area contributed by atoms with E-state index in [9.17, 15) is 9.59 Å². The number of benzene rings is 2.